The predicted octanol–water partition coefficient (Wildman–Crippen LogP) is 0.842. The highest BCUT2D eigenvalue weighted by molar-refractivity contribution is 5.77. The summed E-state index contributed by atoms with van der Waals surface area (Å²) in [5, 5.41) is 2.56. The lowest BCUT2D eigenvalue weighted by Gasteiger charge is -2.08. The van der Waals surface area contributed by atoms with Crippen LogP contribution in [0.3, 0.4) is 0 Å². The van der Waals surface area contributed by atoms with Crippen molar-refractivity contribution < 1.29 is 13.9 Å². The van der Waals surface area contributed by atoms with Crippen LogP contribution in [0.2, 0.25) is 0 Å². The molecule has 1 aromatic carbocycles. The molecule has 0 aliphatic carbocycles. The Balaban J connectivity index is 2.57. The zero-order valence-corrected chi connectivity index (χ0v) is 9.83. The molecule has 0 aromatic heterocycles. The van der Waals surface area contributed by atoms with Crippen molar-refractivity contribution in [3.8, 4) is 5.75 Å². The topological polar surface area (TPSA) is 64.3 Å². The van der Waals surface area contributed by atoms with Crippen molar-refractivity contribution in [3.63, 3.8) is 0 Å². The second kappa shape index (κ2) is 6.85. The van der Waals surface area contributed by atoms with Crippen LogP contribution >= 0.6 is 0 Å². The van der Waals surface area contributed by atoms with Crippen LogP contribution in [-0.2, 0) is 11.2 Å². The van der Waals surface area contributed by atoms with Crippen molar-refractivity contribution in [2.75, 3.05) is 19.7 Å². The molecule has 0 aliphatic rings. The summed E-state index contributed by atoms with van der Waals surface area (Å²) in [6.45, 7) is 2.62. The Labute approximate surface area is 100.0 Å². The van der Waals surface area contributed by atoms with E-state index in [-0.39, 0.29) is 18.3 Å². The van der Waals surface area contributed by atoms with Gasteiger partial charge in [-0.3, -0.25) is 4.79 Å². The molecule has 4 nitrogen and oxygen atoms in total. The van der Waals surface area contributed by atoms with Crippen LogP contribution in [0.4, 0.5) is 4.39 Å². The predicted molar refractivity (Wildman–Crippen MR) is 63.3 cm³/mol. The summed E-state index contributed by atoms with van der Waals surface area (Å²) in [6, 6.07) is 4.63. The van der Waals surface area contributed by atoms with Gasteiger partial charge in [0.15, 0.2) is 18.2 Å². The highest BCUT2D eigenvalue weighted by Gasteiger charge is 2.07. The number of halogens is 1. The number of hydrogen-bond acceptors (Lipinski definition) is 3. The summed E-state index contributed by atoms with van der Waals surface area (Å²) < 4.78 is 18.6. The summed E-state index contributed by atoms with van der Waals surface area (Å²) in [7, 11) is 0. The molecule has 1 amide bonds. The van der Waals surface area contributed by atoms with Gasteiger partial charge in [0.2, 0.25) is 0 Å². The smallest absolute Gasteiger partial charge is 0.257 e. The van der Waals surface area contributed by atoms with Crippen molar-refractivity contribution >= 4 is 5.91 Å². The average molecular weight is 240 g/mol. The van der Waals surface area contributed by atoms with Crippen LogP contribution in [0.25, 0.3) is 0 Å². The molecule has 3 N–H and O–H groups in total. The largest absolute Gasteiger partial charge is 0.481 e. The summed E-state index contributed by atoms with van der Waals surface area (Å²) >= 11 is 0. The van der Waals surface area contributed by atoms with Crippen LogP contribution in [0.5, 0.6) is 5.75 Å². The lowest BCUT2D eigenvalue weighted by molar-refractivity contribution is -0.123. The van der Waals surface area contributed by atoms with Crippen molar-refractivity contribution in [2.45, 2.75) is 13.3 Å². The molecule has 1 rings (SSSR count). The number of nitrogens with one attached hydrogen (secondary N) is 1. The molecule has 0 heterocycles. The molecule has 0 unspecified atom stereocenters. The molecule has 0 aliphatic heterocycles. The van der Waals surface area contributed by atoms with Gasteiger partial charge < -0.3 is 15.8 Å². The van der Waals surface area contributed by atoms with Crippen LogP contribution in [0, 0.1) is 5.82 Å². The number of ether oxygens (including phenoxy) is 1. The molecule has 0 fully saturated rings. The fraction of sp³-hybridized carbons (Fsp3) is 0.417. The molecule has 0 spiro atoms. The van der Waals surface area contributed by atoms with E-state index in [1.807, 2.05) is 0 Å². The van der Waals surface area contributed by atoms with Gasteiger partial charge in [0.05, 0.1) is 0 Å². The summed E-state index contributed by atoms with van der Waals surface area (Å²) in [6.07, 6.45) is 0.619. The zero-order chi connectivity index (χ0) is 12.7. The monoisotopic (exact) mass is 240 g/mol. The van der Waals surface area contributed by atoms with E-state index in [1.165, 1.54) is 12.1 Å². The first-order chi connectivity index (χ1) is 8.17. The maximum atomic E-state index is 13.5. The molecule has 0 saturated carbocycles. The van der Waals surface area contributed by atoms with E-state index < -0.39 is 5.82 Å². The second-order valence-corrected chi connectivity index (χ2v) is 3.55. The third-order valence-corrected chi connectivity index (χ3v) is 2.16. The molecular weight excluding hydrogens is 223 g/mol. The minimum absolute atomic E-state index is 0.0806. The van der Waals surface area contributed by atoms with E-state index in [9.17, 15) is 9.18 Å². The molecule has 0 atom stereocenters. The quantitative estimate of drug-likeness (QED) is 0.774. The van der Waals surface area contributed by atoms with Gasteiger partial charge in [-0.1, -0.05) is 6.07 Å². The molecule has 0 bridgehead atoms. The fourth-order valence-electron chi connectivity index (χ4n) is 1.38. The Morgan fingerprint density at radius 2 is 2.29 bits per heavy atom. The third kappa shape index (κ3) is 4.40. The Morgan fingerprint density at radius 1 is 1.53 bits per heavy atom. The van der Waals surface area contributed by atoms with Crippen molar-refractivity contribution in [1.82, 2.24) is 5.32 Å². The van der Waals surface area contributed by atoms with Crippen molar-refractivity contribution in [3.05, 3.63) is 29.6 Å². The van der Waals surface area contributed by atoms with E-state index in [0.29, 0.717) is 19.5 Å². The minimum Gasteiger partial charge on any atom is -0.481 e. The van der Waals surface area contributed by atoms with Crippen LogP contribution in [-0.4, -0.2) is 25.6 Å². The Kier molecular flexibility index (Phi) is 5.42. The number of rotatable bonds is 6. The highest BCUT2D eigenvalue weighted by atomic mass is 19.1. The first kappa shape index (κ1) is 13.4. The van der Waals surface area contributed by atoms with Gasteiger partial charge in [-0.25, -0.2) is 4.39 Å². The van der Waals surface area contributed by atoms with Gasteiger partial charge in [0.25, 0.3) is 5.91 Å². The molecule has 94 valence electrons. The van der Waals surface area contributed by atoms with Gasteiger partial charge in [-0.2, -0.15) is 0 Å². The standard InChI is InChI=1S/C12H17FN2O2/c1-2-15-12(16)8-17-11-4-3-9(5-6-14)7-10(11)13/h3-4,7H,2,5-6,8,14H2,1H3,(H,15,16). The van der Waals surface area contributed by atoms with Crippen molar-refractivity contribution in [1.29, 1.82) is 0 Å². The third-order valence-electron chi connectivity index (χ3n) is 2.16. The highest BCUT2D eigenvalue weighted by Crippen LogP contribution is 2.18. The maximum absolute atomic E-state index is 13.5. The fourth-order valence-corrected chi connectivity index (χ4v) is 1.38. The molecule has 5 heteroatoms. The molecule has 17 heavy (non-hydrogen) atoms. The van der Waals surface area contributed by atoms with E-state index in [4.69, 9.17) is 10.5 Å². The Hall–Kier alpha value is -1.62. The van der Waals surface area contributed by atoms with E-state index >= 15 is 0 Å². The first-order valence-electron chi connectivity index (χ1n) is 5.55. The van der Waals surface area contributed by atoms with E-state index in [2.05, 4.69) is 5.32 Å². The number of likely N-dealkylation sites (N-methyl/N-ethyl adjacent to an activating group) is 1. The average Bonchev–Trinajstić information content (AvgIpc) is 2.29. The van der Waals surface area contributed by atoms with Gasteiger partial charge in [-0.05, 0) is 37.6 Å². The number of carbonyl (C=O) groups excluding carboxylic acids is 1. The molecule has 0 radical (unpaired) electrons. The molecule has 1 aromatic rings. The minimum atomic E-state index is -0.472. The lowest BCUT2D eigenvalue weighted by atomic mass is 10.1. The Morgan fingerprint density at radius 3 is 2.88 bits per heavy atom. The van der Waals surface area contributed by atoms with Crippen LogP contribution in [0.15, 0.2) is 18.2 Å². The van der Waals surface area contributed by atoms with Gasteiger partial charge in [0.1, 0.15) is 0 Å². The van der Waals surface area contributed by atoms with Crippen LogP contribution in [0.1, 0.15) is 12.5 Å². The number of carbonyl (C=O) groups is 1. The van der Waals surface area contributed by atoms with Crippen LogP contribution < -0.4 is 15.8 Å². The Bertz CT molecular complexity index is 383. The number of benzene rings is 1. The number of hydrogen-bond donors (Lipinski definition) is 2. The normalized spacial score (nSPS) is 10.1. The summed E-state index contributed by atoms with van der Waals surface area (Å²) in [5.74, 6) is -0.657. The van der Waals surface area contributed by atoms with E-state index in [0.717, 1.165) is 5.56 Å². The first-order valence-corrected chi connectivity index (χ1v) is 5.55. The van der Waals surface area contributed by atoms with Gasteiger partial charge >= 0.3 is 0 Å². The van der Waals surface area contributed by atoms with E-state index in [1.54, 1.807) is 13.0 Å². The maximum Gasteiger partial charge on any atom is 0.257 e. The number of nitrogens with two attached hydrogens (primary N) is 1. The zero-order valence-electron chi connectivity index (χ0n) is 9.83. The molecule has 0 saturated heterocycles. The summed E-state index contributed by atoms with van der Waals surface area (Å²) in [5.41, 5.74) is 6.19. The molecular formula is C12H17FN2O2. The lowest BCUT2D eigenvalue weighted by Crippen LogP contribution is -2.28. The second-order valence-electron chi connectivity index (χ2n) is 3.55. The van der Waals surface area contributed by atoms with Gasteiger partial charge in [-0.15, -0.1) is 0 Å². The van der Waals surface area contributed by atoms with Gasteiger partial charge in [0, 0.05) is 6.54 Å². The SMILES string of the molecule is CCNC(=O)COc1ccc(CCN)cc1F. The number of amides is 1. The summed E-state index contributed by atoms with van der Waals surface area (Å²) in [4.78, 5) is 11.1. The van der Waals surface area contributed by atoms with Crippen molar-refractivity contribution in [2.24, 2.45) is 5.73 Å².